The van der Waals surface area contributed by atoms with Gasteiger partial charge in [0.25, 0.3) is 5.69 Å². The summed E-state index contributed by atoms with van der Waals surface area (Å²) in [4.78, 5) is 32.8. The topological polar surface area (TPSA) is 119 Å². The summed E-state index contributed by atoms with van der Waals surface area (Å²) >= 11 is 0. The van der Waals surface area contributed by atoms with Gasteiger partial charge in [-0.05, 0) is 11.1 Å². The van der Waals surface area contributed by atoms with Gasteiger partial charge in [0, 0.05) is 18.2 Å². The lowest BCUT2D eigenvalue weighted by Gasteiger charge is -2.05. The molecule has 0 heterocycles. The quantitative estimate of drug-likeness (QED) is 0.544. The number of alkyl carbamates (subject to hydrolysis) is 1. The second-order valence-electron chi connectivity index (χ2n) is 5.56. The Morgan fingerprint density at radius 3 is 2.59 bits per heavy atom. The molecule has 0 aliphatic carbocycles. The summed E-state index contributed by atoms with van der Waals surface area (Å²) < 4.78 is 5.05. The van der Waals surface area contributed by atoms with Crippen molar-refractivity contribution in [1.82, 2.24) is 5.32 Å². The number of hydrogen-bond acceptors (Lipinski definition) is 5. The molecule has 0 fully saturated rings. The van der Waals surface area contributed by atoms with E-state index in [1.165, 1.54) is 12.1 Å². The lowest BCUT2D eigenvalue weighted by molar-refractivity contribution is -0.385. The number of carbonyl (C=O) groups excluding carboxylic acids is 1. The first-order valence-electron chi connectivity index (χ1n) is 8.06. The van der Waals surface area contributed by atoms with Crippen LogP contribution in [-0.2, 0) is 22.6 Å². The van der Waals surface area contributed by atoms with Gasteiger partial charge in [0.05, 0.1) is 11.3 Å². The monoisotopic (exact) mass is 370 g/mol. The van der Waals surface area contributed by atoms with E-state index >= 15 is 0 Å². The number of amides is 1. The van der Waals surface area contributed by atoms with Crippen LogP contribution in [0.3, 0.4) is 0 Å². The van der Waals surface area contributed by atoms with E-state index in [9.17, 15) is 19.7 Å². The predicted octanol–water partition coefficient (Wildman–Crippen LogP) is 3.16. The number of carboxylic acid groups (broad SMARTS) is 1. The van der Waals surface area contributed by atoms with Crippen LogP contribution < -0.4 is 5.32 Å². The molecule has 0 unspecified atom stereocenters. The van der Waals surface area contributed by atoms with Gasteiger partial charge in [0.2, 0.25) is 0 Å². The lowest BCUT2D eigenvalue weighted by Crippen LogP contribution is -2.24. The number of aliphatic carboxylic acids is 1. The van der Waals surface area contributed by atoms with E-state index < -0.39 is 23.4 Å². The number of nitrogens with one attached hydrogen (secondary N) is 1. The molecule has 140 valence electrons. The maximum atomic E-state index is 11.6. The van der Waals surface area contributed by atoms with Crippen LogP contribution in [0.2, 0.25) is 0 Å². The van der Waals surface area contributed by atoms with Crippen LogP contribution in [0.1, 0.15) is 16.7 Å². The van der Waals surface area contributed by atoms with Crippen LogP contribution in [0.5, 0.6) is 0 Å². The fourth-order valence-corrected chi connectivity index (χ4v) is 2.28. The Balaban J connectivity index is 1.86. The van der Waals surface area contributed by atoms with E-state index in [1.54, 1.807) is 18.2 Å². The summed E-state index contributed by atoms with van der Waals surface area (Å²) in [6.07, 6.45) is 2.20. The standard InChI is InChI=1S/C19H18N2O6/c22-18(23)12-16-9-8-14(11-17(16)21(25)26)7-4-10-20-19(24)27-13-15-5-2-1-3-6-15/h1-9,11H,10,12-13H2,(H,20,24)(H,22,23). The predicted molar refractivity (Wildman–Crippen MR) is 98.1 cm³/mol. The normalized spacial score (nSPS) is 10.5. The molecule has 1 amide bonds. The van der Waals surface area contributed by atoms with Gasteiger partial charge in [0.15, 0.2) is 0 Å². The summed E-state index contributed by atoms with van der Waals surface area (Å²) in [6.45, 7) is 0.339. The molecule has 0 atom stereocenters. The van der Waals surface area contributed by atoms with Crippen molar-refractivity contribution in [3.05, 3.63) is 81.4 Å². The second-order valence-corrected chi connectivity index (χ2v) is 5.56. The SMILES string of the molecule is O=C(O)Cc1ccc(C=CCNC(=O)OCc2ccccc2)cc1[N+](=O)[O-]. The molecule has 0 bridgehead atoms. The number of carboxylic acids is 1. The van der Waals surface area contributed by atoms with Crippen molar-refractivity contribution in [3.63, 3.8) is 0 Å². The third kappa shape index (κ3) is 6.62. The molecule has 0 aromatic heterocycles. The molecule has 8 nitrogen and oxygen atoms in total. The summed E-state index contributed by atoms with van der Waals surface area (Å²) in [6, 6.07) is 13.5. The zero-order valence-corrected chi connectivity index (χ0v) is 14.3. The Labute approximate surface area is 155 Å². The number of carbonyl (C=O) groups is 2. The Morgan fingerprint density at radius 2 is 1.93 bits per heavy atom. The van der Waals surface area contributed by atoms with Gasteiger partial charge >= 0.3 is 12.1 Å². The van der Waals surface area contributed by atoms with Gasteiger partial charge in [-0.3, -0.25) is 14.9 Å². The molecule has 2 N–H and O–H groups in total. The average molecular weight is 370 g/mol. The van der Waals surface area contributed by atoms with Crippen molar-refractivity contribution >= 4 is 23.8 Å². The van der Waals surface area contributed by atoms with E-state index in [2.05, 4.69) is 5.32 Å². The molecule has 0 saturated carbocycles. The van der Waals surface area contributed by atoms with Crippen molar-refractivity contribution in [2.75, 3.05) is 6.54 Å². The highest BCUT2D eigenvalue weighted by molar-refractivity contribution is 5.73. The summed E-state index contributed by atoms with van der Waals surface area (Å²) in [5.41, 5.74) is 1.27. The van der Waals surface area contributed by atoms with Gasteiger partial charge < -0.3 is 15.2 Å². The van der Waals surface area contributed by atoms with Crippen LogP contribution in [0.25, 0.3) is 6.08 Å². The molecule has 2 aromatic carbocycles. The number of benzene rings is 2. The van der Waals surface area contributed by atoms with Gasteiger partial charge in [-0.2, -0.15) is 0 Å². The van der Waals surface area contributed by atoms with Crippen molar-refractivity contribution in [1.29, 1.82) is 0 Å². The Hall–Kier alpha value is -3.68. The number of nitro benzene ring substituents is 1. The van der Waals surface area contributed by atoms with Crippen molar-refractivity contribution in [2.24, 2.45) is 0 Å². The third-order valence-electron chi connectivity index (χ3n) is 3.54. The molecule has 0 saturated heterocycles. The lowest BCUT2D eigenvalue weighted by atomic mass is 10.1. The first-order chi connectivity index (χ1) is 13.0. The van der Waals surface area contributed by atoms with Gasteiger partial charge in [-0.15, -0.1) is 0 Å². The highest BCUT2D eigenvalue weighted by atomic mass is 16.6. The van der Waals surface area contributed by atoms with Gasteiger partial charge in [-0.1, -0.05) is 54.6 Å². The molecule has 8 heteroatoms. The summed E-state index contributed by atoms with van der Waals surface area (Å²) in [7, 11) is 0. The molecule has 0 aliphatic rings. The van der Waals surface area contributed by atoms with Crippen molar-refractivity contribution in [2.45, 2.75) is 13.0 Å². The Bertz CT molecular complexity index is 849. The molecule has 27 heavy (non-hydrogen) atoms. The van der Waals surface area contributed by atoms with Crippen LogP contribution in [0, 0.1) is 10.1 Å². The van der Waals surface area contributed by atoms with E-state index in [0.717, 1.165) is 5.56 Å². The molecular weight excluding hydrogens is 352 g/mol. The van der Waals surface area contributed by atoms with Crippen LogP contribution in [-0.4, -0.2) is 28.6 Å². The van der Waals surface area contributed by atoms with Crippen molar-refractivity contribution < 1.29 is 24.4 Å². The maximum Gasteiger partial charge on any atom is 0.407 e. The average Bonchev–Trinajstić information content (AvgIpc) is 2.64. The summed E-state index contributed by atoms with van der Waals surface area (Å²) in [5, 5.41) is 22.4. The maximum absolute atomic E-state index is 11.6. The zero-order valence-electron chi connectivity index (χ0n) is 14.3. The number of hydrogen-bond donors (Lipinski definition) is 2. The first-order valence-corrected chi connectivity index (χ1v) is 8.06. The highest BCUT2D eigenvalue weighted by Gasteiger charge is 2.16. The highest BCUT2D eigenvalue weighted by Crippen LogP contribution is 2.21. The fraction of sp³-hybridized carbons (Fsp3) is 0.158. The molecule has 0 aliphatic heterocycles. The van der Waals surface area contributed by atoms with E-state index in [4.69, 9.17) is 9.84 Å². The zero-order chi connectivity index (χ0) is 19.6. The van der Waals surface area contributed by atoms with E-state index in [-0.39, 0.29) is 24.4 Å². The van der Waals surface area contributed by atoms with E-state index in [0.29, 0.717) is 5.56 Å². The third-order valence-corrected chi connectivity index (χ3v) is 3.54. The first kappa shape index (κ1) is 19.6. The van der Waals surface area contributed by atoms with E-state index in [1.807, 2.05) is 30.3 Å². The minimum absolute atomic E-state index is 0.132. The van der Waals surface area contributed by atoms with Crippen LogP contribution in [0.4, 0.5) is 10.5 Å². The molecule has 0 spiro atoms. The van der Waals surface area contributed by atoms with Gasteiger partial charge in [0.1, 0.15) is 6.61 Å². The second kappa shape index (κ2) is 9.71. The van der Waals surface area contributed by atoms with Crippen LogP contribution in [0.15, 0.2) is 54.6 Å². The smallest absolute Gasteiger partial charge is 0.407 e. The number of nitrogens with zero attached hydrogens (tertiary/aromatic N) is 1. The van der Waals surface area contributed by atoms with Crippen molar-refractivity contribution in [3.8, 4) is 0 Å². The van der Waals surface area contributed by atoms with Gasteiger partial charge in [-0.25, -0.2) is 4.79 Å². The van der Waals surface area contributed by atoms with Crippen LogP contribution >= 0.6 is 0 Å². The summed E-state index contributed by atoms with van der Waals surface area (Å²) in [5.74, 6) is -1.14. The number of ether oxygens (including phenoxy) is 1. The Kier molecular flexibility index (Phi) is 7.07. The largest absolute Gasteiger partial charge is 0.481 e. The molecule has 0 radical (unpaired) electrons. The molecular formula is C19H18N2O6. The molecule has 2 aromatic rings. The fourth-order valence-electron chi connectivity index (χ4n) is 2.28. The minimum atomic E-state index is -1.14. The Morgan fingerprint density at radius 1 is 1.19 bits per heavy atom. The number of rotatable bonds is 8. The molecule has 2 rings (SSSR count). The minimum Gasteiger partial charge on any atom is -0.481 e. The number of nitro groups is 1.